The first-order valence-electron chi connectivity index (χ1n) is 5.80. The lowest BCUT2D eigenvalue weighted by Gasteiger charge is -2.09. The van der Waals surface area contributed by atoms with Gasteiger partial charge >= 0.3 is 0 Å². The van der Waals surface area contributed by atoms with E-state index in [-0.39, 0.29) is 11.9 Å². The van der Waals surface area contributed by atoms with Crippen LogP contribution < -0.4 is 0 Å². The Kier molecular flexibility index (Phi) is 4.24. The normalized spacial score (nSPS) is 17.4. The maximum Gasteiger partial charge on any atom is 0.123 e. The average molecular weight is 240 g/mol. The zero-order chi connectivity index (χ0) is 11.4. The zero-order valence-corrected chi connectivity index (χ0v) is 10.0. The molecule has 1 atom stereocenters. The lowest BCUT2D eigenvalue weighted by molar-refractivity contribution is 0.184. The van der Waals surface area contributed by atoms with Crippen molar-refractivity contribution in [1.82, 2.24) is 0 Å². The second-order valence-electron chi connectivity index (χ2n) is 4.44. The molecule has 1 fully saturated rings. The Morgan fingerprint density at radius 3 is 2.62 bits per heavy atom. The van der Waals surface area contributed by atoms with Crippen LogP contribution in [0.1, 0.15) is 25.7 Å². The second kappa shape index (κ2) is 5.69. The number of benzene rings is 1. The summed E-state index contributed by atoms with van der Waals surface area (Å²) in [6.07, 6.45) is 4.52. The third-order valence-corrected chi connectivity index (χ3v) is 4.02. The van der Waals surface area contributed by atoms with Gasteiger partial charge in [-0.1, -0.05) is 12.8 Å². The molecule has 1 unspecified atom stereocenters. The molecule has 1 aliphatic rings. The minimum absolute atomic E-state index is 0.210. The third-order valence-electron chi connectivity index (χ3n) is 2.86. The van der Waals surface area contributed by atoms with Gasteiger partial charge in [-0.3, -0.25) is 0 Å². The fourth-order valence-corrected chi connectivity index (χ4v) is 2.52. The van der Waals surface area contributed by atoms with Crippen molar-refractivity contribution in [3.8, 4) is 0 Å². The van der Waals surface area contributed by atoms with Gasteiger partial charge in [0.1, 0.15) is 5.82 Å². The van der Waals surface area contributed by atoms with Crippen LogP contribution in [0, 0.1) is 11.7 Å². The Balaban J connectivity index is 1.67. The highest BCUT2D eigenvalue weighted by Crippen LogP contribution is 2.34. The first-order valence-corrected chi connectivity index (χ1v) is 6.79. The molecule has 88 valence electrons. The van der Waals surface area contributed by atoms with Gasteiger partial charge < -0.3 is 5.11 Å². The Bertz CT molecular complexity index is 321. The molecule has 0 amide bonds. The zero-order valence-electron chi connectivity index (χ0n) is 9.23. The Labute approximate surface area is 100 Å². The molecule has 0 aliphatic heterocycles. The summed E-state index contributed by atoms with van der Waals surface area (Å²) >= 11 is 1.59. The van der Waals surface area contributed by atoms with Crippen LogP contribution in [0.4, 0.5) is 4.39 Å². The molecule has 2 rings (SSSR count). The van der Waals surface area contributed by atoms with Crippen LogP contribution in [0.5, 0.6) is 0 Å². The van der Waals surface area contributed by atoms with Crippen LogP contribution in [-0.2, 0) is 0 Å². The largest absolute Gasteiger partial charge is 0.392 e. The van der Waals surface area contributed by atoms with E-state index in [0.29, 0.717) is 5.75 Å². The molecule has 0 spiro atoms. The molecule has 0 radical (unpaired) electrons. The van der Waals surface area contributed by atoms with Crippen molar-refractivity contribution < 1.29 is 9.50 Å². The summed E-state index contributed by atoms with van der Waals surface area (Å²) in [5.74, 6) is 1.38. The van der Waals surface area contributed by atoms with Crippen LogP contribution in [-0.4, -0.2) is 17.0 Å². The predicted octanol–water partition coefficient (Wildman–Crippen LogP) is 3.47. The first kappa shape index (κ1) is 11.9. The number of thioether (sulfide) groups is 1. The quantitative estimate of drug-likeness (QED) is 0.768. The molecule has 0 saturated heterocycles. The summed E-state index contributed by atoms with van der Waals surface area (Å²) in [6, 6.07) is 6.43. The molecule has 1 nitrogen and oxygen atoms in total. The number of hydrogen-bond acceptors (Lipinski definition) is 2. The van der Waals surface area contributed by atoms with Crippen LogP contribution in [0.25, 0.3) is 0 Å². The Morgan fingerprint density at radius 1 is 1.31 bits per heavy atom. The van der Waals surface area contributed by atoms with Gasteiger partial charge in [0.05, 0.1) is 6.10 Å². The summed E-state index contributed by atoms with van der Waals surface area (Å²) in [5, 5.41) is 9.75. The number of rotatable bonds is 6. The van der Waals surface area contributed by atoms with Crippen LogP contribution in [0.2, 0.25) is 0 Å². The molecular weight excluding hydrogens is 223 g/mol. The second-order valence-corrected chi connectivity index (χ2v) is 5.53. The maximum atomic E-state index is 12.6. The Morgan fingerprint density at radius 2 is 2.00 bits per heavy atom. The fourth-order valence-electron chi connectivity index (χ4n) is 1.64. The van der Waals surface area contributed by atoms with E-state index in [4.69, 9.17) is 0 Å². The van der Waals surface area contributed by atoms with Crippen molar-refractivity contribution in [2.24, 2.45) is 5.92 Å². The van der Waals surface area contributed by atoms with Crippen LogP contribution in [0.3, 0.4) is 0 Å². The minimum Gasteiger partial charge on any atom is -0.392 e. The highest BCUT2D eigenvalue weighted by atomic mass is 32.2. The van der Waals surface area contributed by atoms with Gasteiger partial charge in [-0.15, -0.1) is 11.8 Å². The molecule has 1 N–H and O–H groups in total. The van der Waals surface area contributed by atoms with Crippen LogP contribution in [0.15, 0.2) is 29.2 Å². The van der Waals surface area contributed by atoms with Crippen molar-refractivity contribution in [2.75, 3.05) is 5.75 Å². The van der Waals surface area contributed by atoms with Gasteiger partial charge in [-0.2, -0.15) is 0 Å². The highest BCUT2D eigenvalue weighted by molar-refractivity contribution is 7.99. The molecule has 0 aromatic heterocycles. The van der Waals surface area contributed by atoms with Crippen molar-refractivity contribution in [2.45, 2.75) is 36.7 Å². The molecule has 1 aliphatic carbocycles. The molecule has 0 heterocycles. The molecule has 1 saturated carbocycles. The van der Waals surface area contributed by atoms with E-state index in [1.807, 2.05) is 0 Å². The van der Waals surface area contributed by atoms with E-state index >= 15 is 0 Å². The molecule has 1 aromatic rings. The predicted molar refractivity (Wildman–Crippen MR) is 65.1 cm³/mol. The van der Waals surface area contributed by atoms with Crippen molar-refractivity contribution >= 4 is 11.8 Å². The number of hydrogen-bond donors (Lipinski definition) is 1. The topological polar surface area (TPSA) is 20.2 Å². The van der Waals surface area contributed by atoms with E-state index in [9.17, 15) is 9.50 Å². The van der Waals surface area contributed by atoms with Gasteiger partial charge in [0.15, 0.2) is 0 Å². The van der Waals surface area contributed by atoms with Crippen LogP contribution >= 0.6 is 11.8 Å². The van der Waals surface area contributed by atoms with Gasteiger partial charge in [-0.25, -0.2) is 4.39 Å². The van der Waals surface area contributed by atoms with Gasteiger partial charge in [-0.05, 0) is 43.0 Å². The summed E-state index contributed by atoms with van der Waals surface area (Å²) < 4.78 is 12.6. The highest BCUT2D eigenvalue weighted by Gasteiger charge is 2.21. The van der Waals surface area contributed by atoms with E-state index in [1.165, 1.54) is 25.0 Å². The standard InChI is InChI=1S/C13H17FOS/c14-11-4-7-13(8-5-11)16-9-12(15)6-3-10-1-2-10/h4-5,7-8,10,12,15H,1-3,6,9H2. The minimum atomic E-state index is -0.226. The van der Waals surface area contributed by atoms with E-state index in [1.54, 1.807) is 23.9 Å². The van der Waals surface area contributed by atoms with E-state index in [2.05, 4.69) is 0 Å². The van der Waals surface area contributed by atoms with Gasteiger partial charge in [0.25, 0.3) is 0 Å². The van der Waals surface area contributed by atoms with E-state index in [0.717, 1.165) is 23.7 Å². The third kappa shape index (κ3) is 4.14. The molecule has 1 aromatic carbocycles. The summed E-state index contributed by atoms with van der Waals surface area (Å²) in [7, 11) is 0. The van der Waals surface area contributed by atoms with Crippen molar-refractivity contribution in [3.05, 3.63) is 30.1 Å². The summed E-state index contributed by atoms with van der Waals surface area (Å²) in [5.41, 5.74) is 0. The maximum absolute atomic E-state index is 12.6. The molecule has 16 heavy (non-hydrogen) atoms. The molecule has 0 bridgehead atoms. The Hall–Kier alpha value is -0.540. The fraction of sp³-hybridized carbons (Fsp3) is 0.538. The van der Waals surface area contributed by atoms with E-state index < -0.39 is 0 Å². The van der Waals surface area contributed by atoms with Crippen molar-refractivity contribution in [1.29, 1.82) is 0 Å². The lowest BCUT2D eigenvalue weighted by Crippen LogP contribution is -2.09. The van der Waals surface area contributed by atoms with Crippen molar-refractivity contribution in [3.63, 3.8) is 0 Å². The number of halogens is 1. The molecular formula is C13H17FOS. The average Bonchev–Trinajstić information content (AvgIpc) is 3.09. The summed E-state index contributed by atoms with van der Waals surface area (Å²) in [4.78, 5) is 1.02. The molecule has 3 heteroatoms. The summed E-state index contributed by atoms with van der Waals surface area (Å²) in [6.45, 7) is 0. The van der Waals surface area contributed by atoms with Gasteiger partial charge in [0, 0.05) is 10.6 Å². The lowest BCUT2D eigenvalue weighted by atomic mass is 10.1. The first-order chi connectivity index (χ1) is 7.74. The monoisotopic (exact) mass is 240 g/mol. The number of aliphatic hydroxyl groups is 1. The SMILES string of the molecule is OC(CCC1CC1)CSc1ccc(F)cc1. The number of aliphatic hydroxyl groups excluding tert-OH is 1. The smallest absolute Gasteiger partial charge is 0.123 e. The van der Waals surface area contributed by atoms with Gasteiger partial charge in [0.2, 0.25) is 0 Å².